The van der Waals surface area contributed by atoms with Gasteiger partial charge in [-0.1, -0.05) is 91.0 Å². The Morgan fingerprint density at radius 3 is 1.97 bits per heavy atom. The predicted molar refractivity (Wildman–Crippen MR) is 149 cm³/mol. The number of rotatable bonds is 6. The van der Waals surface area contributed by atoms with E-state index in [2.05, 4.69) is 51.3 Å². The van der Waals surface area contributed by atoms with Crippen molar-refractivity contribution in [2.75, 3.05) is 18.4 Å². The minimum atomic E-state index is -1.19. The molecule has 8 heteroatoms. The summed E-state index contributed by atoms with van der Waals surface area (Å²) in [4.78, 5) is 21.9. The first-order valence-electron chi connectivity index (χ1n) is 13.0. The summed E-state index contributed by atoms with van der Waals surface area (Å²) in [6.45, 7) is 0.225. The van der Waals surface area contributed by atoms with Crippen LogP contribution in [0.2, 0.25) is 0 Å². The number of nitrogens with one attached hydrogen (secondary N) is 1. The SMILES string of the molecule is O=C(O)N1CCC(F)C(Nc2ncnc3c2ccn3C(c2ccccc2)(c2ccccc2)c2ccccc2)C1. The molecule has 0 saturated carbocycles. The van der Waals surface area contributed by atoms with Crippen molar-refractivity contribution >= 4 is 22.9 Å². The fraction of sp³-hybridized carbons (Fsp3) is 0.194. The quantitative estimate of drug-likeness (QED) is 0.277. The molecule has 39 heavy (non-hydrogen) atoms. The lowest BCUT2D eigenvalue weighted by molar-refractivity contribution is 0.108. The summed E-state index contributed by atoms with van der Waals surface area (Å²) in [6.07, 6.45) is 1.36. The van der Waals surface area contributed by atoms with Crippen molar-refractivity contribution in [2.45, 2.75) is 24.2 Å². The van der Waals surface area contributed by atoms with Gasteiger partial charge in [0.25, 0.3) is 0 Å². The molecular weight excluding hydrogens is 493 g/mol. The van der Waals surface area contributed by atoms with E-state index in [9.17, 15) is 14.3 Å². The zero-order valence-electron chi connectivity index (χ0n) is 21.2. The van der Waals surface area contributed by atoms with E-state index < -0.39 is 23.8 Å². The highest BCUT2D eigenvalue weighted by molar-refractivity contribution is 5.88. The van der Waals surface area contributed by atoms with Gasteiger partial charge < -0.3 is 19.9 Å². The van der Waals surface area contributed by atoms with E-state index in [-0.39, 0.29) is 19.5 Å². The summed E-state index contributed by atoms with van der Waals surface area (Å²) in [5.74, 6) is 0.474. The maximum absolute atomic E-state index is 14.9. The maximum Gasteiger partial charge on any atom is 0.407 e. The smallest absolute Gasteiger partial charge is 0.407 e. The number of benzene rings is 3. The molecule has 2 aromatic heterocycles. The molecular formula is C31H28FN5O2. The number of likely N-dealkylation sites (tertiary alicyclic amines) is 1. The molecule has 0 bridgehead atoms. The van der Waals surface area contributed by atoms with E-state index in [1.165, 1.54) is 11.2 Å². The van der Waals surface area contributed by atoms with Crippen LogP contribution in [0, 0.1) is 0 Å². The van der Waals surface area contributed by atoms with E-state index in [1.54, 1.807) is 0 Å². The third-order valence-electron chi connectivity index (χ3n) is 7.54. The van der Waals surface area contributed by atoms with Gasteiger partial charge in [-0.2, -0.15) is 0 Å². The average molecular weight is 522 g/mol. The Morgan fingerprint density at radius 1 is 0.872 bits per heavy atom. The van der Waals surface area contributed by atoms with Crippen molar-refractivity contribution in [3.05, 3.63) is 126 Å². The Bertz CT molecular complexity index is 1480. The standard InChI is InChI=1S/C31H28FN5O2/c32-26-17-18-36(30(38)39)20-27(26)35-28-25-16-19-37(29(25)34-21-33-28)31(22-10-4-1-5-11-22,23-12-6-2-7-13-23)24-14-8-3-9-15-24/h1-16,19,21,26-27H,17-18,20H2,(H,38,39)(H,33,34,35). The molecule has 196 valence electrons. The van der Waals surface area contributed by atoms with Crippen LogP contribution in [0.25, 0.3) is 11.0 Å². The molecule has 5 aromatic rings. The molecule has 1 aliphatic rings. The minimum absolute atomic E-state index is 0.0463. The number of fused-ring (bicyclic) bond motifs is 1. The van der Waals surface area contributed by atoms with Crippen LogP contribution in [-0.4, -0.2) is 55.9 Å². The number of halogens is 1. The fourth-order valence-electron chi connectivity index (χ4n) is 5.70. The molecule has 7 nitrogen and oxygen atoms in total. The molecule has 0 radical (unpaired) electrons. The lowest BCUT2D eigenvalue weighted by Crippen LogP contribution is -2.50. The van der Waals surface area contributed by atoms with Gasteiger partial charge in [0.15, 0.2) is 0 Å². The number of anilines is 1. The number of alkyl halides is 1. The van der Waals surface area contributed by atoms with Gasteiger partial charge in [-0.05, 0) is 29.2 Å². The molecule has 1 aliphatic heterocycles. The highest BCUT2D eigenvalue weighted by Crippen LogP contribution is 2.43. The summed E-state index contributed by atoms with van der Waals surface area (Å²) in [6, 6.07) is 32.1. The number of piperidine rings is 1. The third-order valence-corrected chi connectivity index (χ3v) is 7.54. The lowest BCUT2D eigenvalue weighted by atomic mass is 9.76. The van der Waals surface area contributed by atoms with Crippen molar-refractivity contribution in [1.29, 1.82) is 0 Å². The topological polar surface area (TPSA) is 83.3 Å². The summed E-state index contributed by atoms with van der Waals surface area (Å²) in [7, 11) is 0. The first kappa shape index (κ1) is 24.6. The van der Waals surface area contributed by atoms with Gasteiger partial charge in [-0.3, -0.25) is 0 Å². The second-order valence-corrected chi connectivity index (χ2v) is 9.74. The van der Waals surface area contributed by atoms with Crippen LogP contribution < -0.4 is 5.32 Å². The van der Waals surface area contributed by atoms with Crippen molar-refractivity contribution in [3.8, 4) is 0 Å². The Balaban J connectivity index is 1.54. The Labute approximate surface area is 225 Å². The Kier molecular flexibility index (Phi) is 6.44. The van der Waals surface area contributed by atoms with Crippen LogP contribution in [0.5, 0.6) is 0 Å². The van der Waals surface area contributed by atoms with Crippen molar-refractivity contribution in [1.82, 2.24) is 19.4 Å². The monoisotopic (exact) mass is 521 g/mol. The number of carbonyl (C=O) groups is 1. The van der Waals surface area contributed by atoms with Crippen LogP contribution in [0.4, 0.5) is 15.0 Å². The predicted octanol–water partition coefficient (Wildman–Crippen LogP) is 5.77. The Hall–Kier alpha value is -4.72. The molecule has 2 N–H and O–H groups in total. The summed E-state index contributed by atoms with van der Waals surface area (Å²) in [5, 5.41) is 13.4. The van der Waals surface area contributed by atoms with Crippen LogP contribution >= 0.6 is 0 Å². The average Bonchev–Trinajstić information content (AvgIpc) is 3.42. The number of amides is 1. The summed E-state index contributed by atoms with van der Waals surface area (Å²) >= 11 is 0. The molecule has 0 spiro atoms. The first-order valence-corrected chi connectivity index (χ1v) is 13.0. The van der Waals surface area contributed by atoms with Crippen LogP contribution in [-0.2, 0) is 5.54 Å². The minimum Gasteiger partial charge on any atom is -0.465 e. The molecule has 6 rings (SSSR count). The van der Waals surface area contributed by atoms with Gasteiger partial charge in [-0.15, -0.1) is 0 Å². The van der Waals surface area contributed by atoms with Gasteiger partial charge in [0.05, 0.1) is 11.4 Å². The number of aromatic nitrogens is 3. The lowest BCUT2D eigenvalue weighted by Gasteiger charge is -2.38. The zero-order valence-corrected chi connectivity index (χ0v) is 21.2. The normalized spacial score (nSPS) is 17.7. The van der Waals surface area contributed by atoms with Gasteiger partial charge in [0, 0.05) is 19.3 Å². The number of hydrogen-bond acceptors (Lipinski definition) is 4. The van der Waals surface area contributed by atoms with E-state index in [1.807, 2.05) is 66.9 Å². The second-order valence-electron chi connectivity index (χ2n) is 9.74. The van der Waals surface area contributed by atoms with E-state index in [4.69, 9.17) is 4.98 Å². The molecule has 1 amide bonds. The number of nitrogens with zero attached hydrogens (tertiary/aromatic N) is 4. The highest BCUT2D eigenvalue weighted by atomic mass is 19.1. The van der Waals surface area contributed by atoms with Crippen LogP contribution in [0.1, 0.15) is 23.1 Å². The van der Waals surface area contributed by atoms with Crippen molar-refractivity contribution < 1.29 is 14.3 Å². The van der Waals surface area contributed by atoms with Crippen LogP contribution in [0.15, 0.2) is 110 Å². The third kappa shape index (κ3) is 4.27. The largest absolute Gasteiger partial charge is 0.465 e. The zero-order chi connectivity index (χ0) is 26.8. The van der Waals surface area contributed by atoms with Gasteiger partial charge >= 0.3 is 6.09 Å². The molecule has 3 aromatic carbocycles. The molecule has 1 fully saturated rings. The van der Waals surface area contributed by atoms with Crippen molar-refractivity contribution in [2.24, 2.45) is 0 Å². The van der Waals surface area contributed by atoms with Gasteiger partial charge in [-0.25, -0.2) is 19.2 Å². The number of carboxylic acid groups (broad SMARTS) is 1. The molecule has 0 aliphatic carbocycles. The van der Waals surface area contributed by atoms with Crippen LogP contribution in [0.3, 0.4) is 0 Å². The molecule has 1 saturated heterocycles. The Morgan fingerprint density at radius 2 is 1.44 bits per heavy atom. The maximum atomic E-state index is 14.9. The molecule has 3 heterocycles. The molecule has 2 unspecified atom stereocenters. The highest BCUT2D eigenvalue weighted by Gasteiger charge is 2.40. The summed E-state index contributed by atoms with van der Waals surface area (Å²) < 4.78 is 17.0. The first-order chi connectivity index (χ1) is 19.1. The van der Waals surface area contributed by atoms with E-state index in [0.29, 0.717) is 11.5 Å². The second kappa shape index (κ2) is 10.2. The van der Waals surface area contributed by atoms with E-state index in [0.717, 1.165) is 22.1 Å². The number of hydrogen-bond donors (Lipinski definition) is 2. The van der Waals surface area contributed by atoms with E-state index >= 15 is 0 Å². The molecule has 2 atom stereocenters. The summed E-state index contributed by atoms with van der Waals surface area (Å²) in [5.41, 5.74) is 3.08. The van der Waals surface area contributed by atoms with Crippen molar-refractivity contribution in [3.63, 3.8) is 0 Å². The van der Waals surface area contributed by atoms with Gasteiger partial charge in [0.2, 0.25) is 0 Å². The fourth-order valence-corrected chi connectivity index (χ4v) is 5.70. The van der Waals surface area contributed by atoms with Gasteiger partial charge in [0.1, 0.15) is 29.5 Å².